The SMILES string of the molecule is N#Cc1cccnc1N1CCC(CC(=O)NC2CCCC2)CC1. The lowest BCUT2D eigenvalue weighted by Crippen LogP contribution is -2.38. The Bertz CT molecular complexity index is 581. The van der Waals surface area contributed by atoms with Crippen molar-refractivity contribution >= 4 is 11.7 Å². The van der Waals surface area contributed by atoms with E-state index in [1.54, 1.807) is 12.3 Å². The van der Waals surface area contributed by atoms with Crippen LogP contribution in [0.2, 0.25) is 0 Å². The van der Waals surface area contributed by atoms with Crippen molar-refractivity contribution in [3.05, 3.63) is 23.9 Å². The van der Waals surface area contributed by atoms with Crippen LogP contribution in [-0.4, -0.2) is 30.0 Å². The number of nitrogens with zero attached hydrogens (tertiary/aromatic N) is 3. The minimum Gasteiger partial charge on any atom is -0.356 e. The number of piperidine rings is 1. The van der Waals surface area contributed by atoms with Gasteiger partial charge in [-0.1, -0.05) is 12.8 Å². The molecule has 5 nitrogen and oxygen atoms in total. The number of anilines is 1. The van der Waals surface area contributed by atoms with Crippen LogP contribution < -0.4 is 10.2 Å². The number of carbonyl (C=O) groups is 1. The Balaban J connectivity index is 1.48. The lowest BCUT2D eigenvalue weighted by atomic mass is 9.93. The molecule has 122 valence electrons. The molecule has 1 saturated heterocycles. The van der Waals surface area contributed by atoms with Gasteiger partial charge in [0.1, 0.15) is 11.9 Å². The van der Waals surface area contributed by atoms with Crippen LogP contribution in [0.1, 0.15) is 50.5 Å². The average Bonchev–Trinajstić information content (AvgIpc) is 3.08. The Hall–Kier alpha value is -2.09. The molecule has 0 aromatic carbocycles. The molecule has 2 fully saturated rings. The summed E-state index contributed by atoms with van der Waals surface area (Å²) in [5.41, 5.74) is 0.630. The molecule has 1 saturated carbocycles. The predicted molar refractivity (Wildman–Crippen MR) is 88.9 cm³/mol. The highest BCUT2D eigenvalue weighted by Gasteiger charge is 2.25. The molecular formula is C18H24N4O. The third-order valence-corrected chi connectivity index (χ3v) is 5.02. The zero-order chi connectivity index (χ0) is 16.1. The summed E-state index contributed by atoms with van der Waals surface area (Å²) in [4.78, 5) is 18.7. The van der Waals surface area contributed by atoms with Gasteiger partial charge in [-0.2, -0.15) is 5.26 Å². The van der Waals surface area contributed by atoms with Gasteiger partial charge in [0.2, 0.25) is 5.91 Å². The van der Waals surface area contributed by atoms with Crippen LogP contribution in [-0.2, 0) is 4.79 Å². The fraction of sp³-hybridized carbons (Fsp3) is 0.611. The normalized spacial score (nSPS) is 19.5. The van der Waals surface area contributed by atoms with Crippen LogP contribution in [0.5, 0.6) is 0 Å². The second kappa shape index (κ2) is 7.45. The molecule has 23 heavy (non-hydrogen) atoms. The third kappa shape index (κ3) is 4.01. The first-order valence-electron chi connectivity index (χ1n) is 8.65. The first-order chi connectivity index (χ1) is 11.3. The number of hydrogen-bond donors (Lipinski definition) is 1. The number of hydrogen-bond acceptors (Lipinski definition) is 4. The summed E-state index contributed by atoms with van der Waals surface area (Å²) in [5, 5.41) is 12.4. The molecule has 1 aromatic heterocycles. The van der Waals surface area contributed by atoms with Crippen molar-refractivity contribution in [1.82, 2.24) is 10.3 Å². The average molecular weight is 312 g/mol. The van der Waals surface area contributed by atoms with Gasteiger partial charge in [0.15, 0.2) is 0 Å². The molecule has 1 aromatic rings. The Morgan fingerprint density at radius 1 is 1.30 bits per heavy atom. The number of aromatic nitrogens is 1. The van der Waals surface area contributed by atoms with Crippen LogP contribution in [0.4, 0.5) is 5.82 Å². The van der Waals surface area contributed by atoms with E-state index in [0.717, 1.165) is 44.6 Å². The van der Waals surface area contributed by atoms with Gasteiger partial charge in [0.25, 0.3) is 0 Å². The maximum absolute atomic E-state index is 12.1. The maximum Gasteiger partial charge on any atom is 0.220 e. The second-order valence-corrected chi connectivity index (χ2v) is 6.67. The predicted octanol–water partition coefficient (Wildman–Crippen LogP) is 2.62. The minimum absolute atomic E-state index is 0.214. The van der Waals surface area contributed by atoms with Crippen molar-refractivity contribution in [2.75, 3.05) is 18.0 Å². The van der Waals surface area contributed by atoms with E-state index < -0.39 is 0 Å². The zero-order valence-corrected chi connectivity index (χ0v) is 13.5. The van der Waals surface area contributed by atoms with E-state index in [1.165, 1.54) is 12.8 Å². The molecule has 0 spiro atoms. The van der Waals surface area contributed by atoms with Crippen molar-refractivity contribution in [3.8, 4) is 6.07 Å². The highest BCUT2D eigenvalue weighted by Crippen LogP contribution is 2.26. The molecule has 1 aliphatic carbocycles. The Morgan fingerprint density at radius 2 is 2.04 bits per heavy atom. The van der Waals surface area contributed by atoms with E-state index in [-0.39, 0.29) is 5.91 Å². The summed E-state index contributed by atoms with van der Waals surface area (Å²) < 4.78 is 0. The molecule has 2 aliphatic rings. The highest BCUT2D eigenvalue weighted by atomic mass is 16.1. The number of carbonyl (C=O) groups excluding carboxylic acids is 1. The molecule has 2 heterocycles. The monoisotopic (exact) mass is 312 g/mol. The molecule has 1 aliphatic heterocycles. The van der Waals surface area contributed by atoms with E-state index in [0.29, 0.717) is 23.9 Å². The first kappa shape index (κ1) is 15.8. The molecule has 0 atom stereocenters. The summed E-state index contributed by atoms with van der Waals surface area (Å²) in [7, 11) is 0. The van der Waals surface area contributed by atoms with Crippen LogP contribution >= 0.6 is 0 Å². The highest BCUT2D eigenvalue weighted by molar-refractivity contribution is 5.76. The second-order valence-electron chi connectivity index (χ2n) is 6.67. The first-order valence-corrected chi connectivity index (χ1v) is 8.65. The van der Waals surface area contributed by atoms with Crippen molar-refractivity contribution in [3.63, 3.8) is 0 Å². The zero-order valence-electron chi connectivity index (χ0n) is 13.5. The van der Waals surface area contributed by atoms with Crippen LogP contribution in [0.25, 0.3) is 0 Å². The Kier molecular flexibility index (Phi) is 5.12. The molecule has 1 amide bonds. The molecule has 0 unspecified atom stereocenters. The van der Waals surface area contributed by atoms with E-state index in [2.05, 4.69) is 21.3 Å². The van der Waals surface area contributed by atoms with Crippen molar-refractivity contribution in [2.24, 2.45) is 5.92 Å². The van der Waals surface area contributed by atoms with Crippen molar-refractivity contribution in [2.45, 2.75) is 51.0 Å². The number of rotatable bonds is 4. The summed E-state index contributed by atoms with van der Waals surface area (Å²) >= 11 is 0. The number of nitriles is 1. The van der Waals surface area contributed by atoms with E-state index in [9.17, 15) is 10.1 Å². The van der Waals surface area contributed by atoms with E-state index in [4.69, 9.17) is 0 Å². The van der Waals surface area contributed by atoms with Gasteiger partial charge in [-0.3, -0.25) is 4.79 Å². The third-order valence-electron chi connectivity index (χ3n) is 5.02. The maximum atomic E-state index is 12.1. The standard InChI is InChI=1S/C18H24N4O/c19-13-15-4-3-9-20-18(15)22-10-7-14(8-11-22)12-17(23)21-16-5-1-2-6-16/h3-4,9,14,16H,1-2,5-8,10-12H2,(H,21,23). The van der Waals surface area contributed by atoms with Gasteiger partial charge in [-0.15, -0.1) is 0 Å². The Morgan fingerprint density at radius 3 is 2.74 bits per heavy atom. The van der Waals surface area contributed by atoms with Crippen LogP contribution in [0.15, 0.2) is 18.3 Å². The fourth-order valence-corrected chi connectivity index (χ4v) is 3.70. The van der Waals surface area contributed by atoms with Gasteiger partial charge in [-0.25, -0.2) is 4.98 Å². The number of nitrogens with one attached hydrogen (secondary N) is 1. The lowest BCUT2D eigenvalue weighted by molar-refractivity contribution is -0.122. The van der Waals surface area contributed by atoms with Crippen molar-refractivity contribution in [1.29, 1.82) is 5.26 Å². The molecule has 0 bridgehead atoms. The Labute approximate surface area is 137 Å². The van der Waals surface area contributed by atoms with Crippen LogP contribution in [0.3, 0.4) is 0 Å². The topological polar surface area (TPSA) is 69.0 Å². The van der Waals surface area contributed by atoms with E-state index >= 15 is 0 Å². The van der Waals surface area contributed by atoms with Crippen molar-refractivity contribution < 1.29 is 4.79 Å². The van der Waals surface area contributed by atoms with Gasteiger partial charge in [0, 0.05) is 31.7 Å². The van der Waals surface area contributed by atoms with Gasteiger partial charge < -0.3 is 10.2 Å². The quantitative estimate of drug-likeness (QED) is 0.928. The number of amides is 1. The largest absolute Gasteiger partial charge is 0.356 e. The summed E-state index contributed by atoms with van der Waals surface area (Å²) in [6, 6.07) is 6.22. The van der Waals surface area contributed by atoms with E-state index in [1.807, 2.05) is 6.07 Å². The lowest BCUT2D eigenvalue weighted by Gasteiger charge is -2.33. The molecule has 0 radical (unpaired) electrons. The van der Waals surface area contributed by atoms with Crippen LogP contribution in [0, 0.1) is 17.2 Å². The molecule has 1 N–H and O–H groups in total. The molecule has 5 heteroatoms. The molecule has 3 rings (SSSR count). The fourth-order valence-electron chi connectivity index (χ4n) is 3.70. The molecular weight excluding hydrogens is 288 g/mol. The summed E-state index contributed by atoms with van der Waals surface area (Å²) in [6.45, 7) is 1.74. The van der Waals surface area contributed by atoms with Gasteiger partial charge in [-0.05, 0) is 43.7 Å². The van der Waals surface area contributed by atoms with Gasteiger partial charge >= 0.3 is 0 Å². The number of pyridine rings is 1. The smallest absolute Gasteiger partial charge is 0.220 e. The van der Waals surface area contributed by atoms with Gasteiger partial charge in [0.05, 0.1) is 5.56 Å². The summed E-state index contributed by atoms with van der Waals surface area (Å²) in [6.07, 6.45) is 9.11. The minimum atomic E-state index is 0.214. The summed E-state index contributed by atoms with van der Waals surface area (Å²) in [5.74, 6) is 1.44.